The zero-order chi connectivity index (χ0) is 20.5. The summed E-state index contributed by atoms with van der Waals surface area (Å²) in [7, 11) is -3.74. The van der Waals surface area contributed by atoms with E-state index >= 15 is 0 Å². The van der Waals surface area contributed by atoms with E-state index in [1.54, 1.807) is 46.0 Å². The zero-order valence-electron chi connectivity index (χ0n) is 16.3. The molecule has 28 heavy (non-hydrogen) atoms. The summed E-state index contributed by atoms with van der Waals surface area (Å²) in [4.78, 5) is 17.3. The van der Waals surface area contributed by atoms with Crippen LogP contribution in [0, 0.1) is 6.92 Å². The van der Waals surface area contributed by atoms with Gasteiger partial charge in [0.2, 0.25) is 10.0 Å². The Labute approximate surface area is 165 Å². The Morgan fingerprint density at radius 1 is 1.04 bits per heavy atom. The molecule has 0 bridgehead atoms. The lowest BCUT2D eigenvalue weighted by atomic mass is 10.1. The first-order chi connectivity index (χ1) is 13.1. The highest BCUT2D eigenvalue weighted by Gasteiger charge is 2.23. The predicted octanol–water partition coefficient (Wildman–Crippen LogP) is 3.87. The number of anilines is 1. The summed E-state index contributed by atoms with van der Waals surface area (Å²) in [6.45, 7) is 7.06. The quantitative estimate of drug-likeness (QED) is 0.699. The maximum Gasteiger partial charge on any atom is 0.256 e. The van der Waals surface area contributed by atoms with Crippen LogP contribution in [0.5, 0.6) is 0 Å². The minimum absolute atomic E-state index is 0.0502. The van der Waals surface area contributed by atoms with Crippen LogP contribution in [-0.4, -0.2) is 24.8 Å². The van der Waals surface area contributed by atoms with E-state index in [2.05, 4.69) is 15.0 Å². The van der Waals surface area contributed by atoms with Crippen LogP contribution in [0.4, 0.5) is 5.69 Å². The third-order valence-electron chi connectivity index (χ3n) is 4.09. The number of aromatic nitrogens is 1. The van der Waals surface area contributed by atoms with E-state index in [4.69, 9.17) is 0 Å². The maximum atomic E-state index is 12.9. The summed E-state index contributed by atoms with van der Waals surface area (Å²) in [5, 5.41) is 3.76. The molecule has 0 radical (unpaired) electrons. The fourth-order valence-corrected chi connectivity index (χ4v) is 4.31. The van der Waals surface area contributed by atoms with E-state index in [0.29, 0.717) is 22.3 Å². The molecule has 1 heterocycles. The molecule has 0 spiro atoms. The molecule has 2 aromatic carbocycles. The summed E-state index contributed by atoms with van der Waals surface area (Å²) in [5.74, 6) is -0.386. The third kappa shape index (κ3) is 4.37. The summed E-state index contributed by atoms with van der Waals surface area (Å²) in [5.41, 5.74) is 1.60. The van der Waals surface area contributed by atoms with Crippen molar-refractivity contribution in [1.82, 2.24) is 9.71 Å². The number of nitrogens with zero attached hydrogens (tertiary/aromatic N) is 1. The number of para-hydroxylation sites is 1. The Morgan fingerprint density at radius 2 is 1.75 bits per heavy atom. The van der Waals surface area contributed by atoms with Gasteiger partial charge >= 0.3 is 0 Å². The number of benzene rings is 2. The molecule has 1 aromatic heterocycles. The second-order valence-electron chi connectivity index (χ2n) is 7.67. The number of nitrogens with one attached hydrogen (secondary N) is 2. The highest BCUT2D eigenvalue weighted by molar-refractivity contribution is 7.89. The lowest BCUT2D eigenvalue weighted by molar-refractivity contribution is 0.102. The average Bonchev–Trinajstić information content (AvgIpc) is 2.60. The highest BCUT2D eigenvalue weighted by atomic mass is 32.2. The van der Waals surface area contributed by atoms with Crippen molar-refractivity contribution >= 4 is 32.5 Å². The van der Waals surface area contributed by atoms with Gasteiger partial charge in [0.15, 0.2) is 0 Å². The number of carbonyl (C=O) groups excluding carboxylic acids is 1. The first-order valence-electron chi connectivity index (χ1n) is 8.86. The number of hydrogen-bond donors (Lipinski definition) is 2. The summed E-state index contributed by atoms with van der Waals surface area (Å²) in [6.07, 6.45) is 1.66. The van der Waals surface area contributed by atoms with Crippen LogP contribution in [0.15, 0.2) is 59.6 Å². The molecule has 0 aliphatic carbocycles. The second-order valence-corrected chi connectivity index (χ2v) is 9.35. The molecule has 0 atom stereocenters. The van der Waals surface area contributed by atoms with Crippen LogP contribution in [-0.2, 0) is 10.0 Å². The van der Waals surface area contributed by atoms with Gasteiger partial charge < -0.3 is 5.32 Å². The molecule has 0 aliphatic rings. The van der Waals surface area contributed by atoms with Crippen LogP contribution in [0.1, 0.15) is 36.7 Å². The molecule has 6 nitrogen and oxygen atoms in total. The molecular formula is C21H23N3O3S. The molecular weight excluding hydrogens is 374 g/mol. The molecule has 3 rings (SSSR count). The maximum absolute atomic E-state index is 12.9. The van der Waals surface area contributed by atoms with Crippen LogP contribution < -0.4 is 10.0 Å². The van der Waals surface area contributed by atoms with Crippen molar-refractivity contribution in [2.45, 2.75) is 38.1 Å². The van der Waals surface area contributed by atoms with E-state index in [1.165, 1.54) is 12.1 Å². The third-order valence-corrected chi connectivity index (χ3v) is 5.84. The molecule has 7 heteroatoms. The normalized spacial score (nSPS) is 12.1. The topological polar surface area (TPSA) is 88.2 Å². The Balaban J connectivity index is 1.96. The number of sulfonamides is 1. The van der Waals surface area contributed by atoms with Crippen LogP contribution >= 0.6 is 0 Å². The molecule has 146 valence electrons. The first-order valence-corrected chi connectivity index (χ1v) is 10.3. The van der Waals surface area contributed by atoms with Gasteiger partial charge in [0.05, 0.1) is 16.1 Å². The SMILES string of the molecule is Cc1ccc(S(=O)(=O)NC(C)(C)C)cc1C(=O)Nc1cccc2cccnc12. The lowest BCUT2D eigenvalue weighted by Gasteiger charge is -2.20. The van der Waals surface area contributed by atoms with Crippen molar-refractivity contribution < 1.29 is 13.2 Å². The standard InChI is InChI=1S/C21H23N3O3S/c1-14-10-11-16(28(26,27)24-21(2,3)4)13-17(14)20(25)23-18-9-5-7-15-8-6-12-22-19(15)18/h5-13,24H,1-4H3,(H,23,25). The molecule has 3 aromatic rings. The van der Waals surface area contributed by atoms with E-state index in [-0.39, 0.29) is 10.8 Å². The van der Waals surface area contributed by atoms with Gasteiger partial charge in [-0.1, -0.05) is 24.3 Å². The van der Waals surface area contributed by atoms with Gasteiger partial charge in [-0.05, 0) is 57.5 Å². The highest BCUT2D eigenvalue weighted by Crippen LogP contribution is 2.23. The van der Waals surface area contributed by atoms with Crippen LogP contribution in [0.2, 0.25) is 0 Å². The van der Waals surface area contributed by atoms with Crippen molar-refractivity contribution in [3.8, 4) is 0 Å². The number of rotatable bonds is 4. The van der Waals surface area contributed by atoms with E-state index in [1.807, 2.05) is 24.3 Å². The van der Waals surface area contributed by atoms with Gasteiger partial charge in [0.1, 0.15) is 0 Å². The van der Waals surface area contributed by atoms with Crippen LogP contribution in [0.25, 0.3) is 10.9 Å². The Morgan fingerprint density at radius 3 is 2.46 bits per heavy atom. The van der Waals surface area contributed by atoms with Gasteiger partial charge in [-0.3, -0.25) is 9.78 Å². The molecule has 0 saturated carbocycles. The molecule has 0 aliphatic heterocycles. The van der Waals surface area contributed by atoms with Gasteiger partial charge in [-0.25, -0.2) is 13.1 Å². The minimum Gasteiger partial charge on any atom is -0.320 e. The molecule has 0 saturated heterocycles. The number of carbonyl (C=O) groups is 1. The Hall–Kier alpha value is -2.77. The average molecular weight is 398 g/mol. The fourth-order valence-electron chi connectivity index (χ4n) is 2.87. The molecule has 0 fully saturated rings. The number of aryl methyl sites for hydroxylation is 1. The summed E-state index contributed by atoms with van der Waals surface area (Å²) < 4.78 is 27.8. The molecule has 2 N–H and O–H groups in total. The number of amides is 1. The van der Waals surface area contributed by atoms with Crippen molar-refractivity contribution in [2.75, 3.05) is 5.32 Å². The lowest BCUT2D eigenvalue weighted by Crippen LogP contribution is -2.40. The van der Waals surface area contributed by atoms with E-state index < -0.39 is 15.6 Å². The molecule has 1 amide bonds. The van der Waals surface area contributed by atoms with E-state index in [0.717, 1.165) is 5.39 Å². The summed E-state index contributed by atoms with van der Waals surface area (Å²) in [6, 6.07) is 13.8. The van der Waals surface area contributed by atoms with Crippen molar-refractivity contribution in [3.63, 3.8) is 0 Å². The van der Waals surface area contributed by atoms with Crippen molar-refractivity contribution in [3.05, 3.63) is 65.9 Å². The smallest absolute Gasteiger partial charge is 0.256 e. The van der Waals surface area contributed by atoms with E-state index in [9.17, 15) is 13.2 Å². The summed E-state index contributed by atoms with van der Waals surface area (Å²) >= 11 is 0. The largest absolute Gasteiger partial charge is 0.320 e. The van der Waals surface area contributed by atoms with Crippen molar-refractivity contribution in [2.24, 2.45) is 0 Å². The van der Waals surface area contributed by atoms with Gasteiger partial charge in [-0.2, -0.15) is 0 Å². The predicted molar refractivity (Wildman–Crippen MR) is 111 cm³/mol. The number of pyridine rings is 1. The molecule has 0 unspecified atom stereocenters. The number of hydrogen-bond acceptors (Lipinski definition) is 4. The Bertz CT molecular complexity index is 1140. The fraction of sp³-hybridized carbons (Fsp3) is 0.238. The first kappa shape index (κ1) is 20.0. The number of fused-ring (bicyclic) bond motifs is 1. The monoisotopic (exact) mass is 397 g/mol. The minimum atomic E-state index is -3.74. The van der Waals surface area contributed by atoms with Crippen LogP contribution in [0.3, 0.4) is 0 Å². The van der Waals surface area contributed by atoms with Crippen molar-refractivity contribution in [1.29, 1.82) is 0 Å². The zero-order valence-corrected chi connectivity index (χ0v) is 17.1. The van der Waals surface area contributed by atoms with Gasteiger partial charge in [0.25, 0.3) is 5.91 Å². The second kappa shape index (κ2) is 7.33. The van der Waals surface area contributed by atoms with Gasteiger partial charge in [-0.15, -0.1) is 0 Å². The Kier molecular flexibility index (Phi) is 5.23. The van der Waals surface area contributed by atoms with Gasteiger partial charge in [0, 0.05) is 22.7 Å².